The van der Waals surface area contributed by atoms with E-state index in [1.165, 1.54) is 12.2 Å². The minimum atomic E-state index is -0.292. The van der Waals surface area contributed by atoms with Crippen molar-refractivity contribution in [2.24, 2.45) is 5.92 Å². The molecule has 0 aliphatic heterocycles. The molecular weight excluding hydrogens is 286 g/mol. The molecule has 0 rings (SSSR count). The van der Waals surface area contributed by atoms with Crippen LogP contribution in [0.3, 0.4) is 0 Å². The summed E-state index contributed by atoms with van der Waals surface area (Å²) in [5.74, 6) is -0.456. The summed E-state index contributed by atoms with van der Waals surface area (Å²) in [6.45, 7) is 10.4. The molecule has 0 aromatic heterocycles. The van der Waals surface area contributed by atoms with Gasteiger partial charge < -0.3 is 19.5 Å². The van der Waals surface area contributed by atoms with Crippen molar-refractivity contribution in [3.63, 3.8) is 0 Å². The maximum atomic E-state index is 11.4. The first kappa shape index (κ1) is 20.8. The van der Waals surface area contributed by atoms with Crippen molar-refractivity contribution in [3.8, 4) is 0 Å². The third-order valence-corrected chi connectivity index (χ3v) is 2.56. The molecule has 0 saturated carbocycles. The first-order valence-corrected chi connectivity index (χ1v) is 7.70. The Bertz CT molecular complexity index is 339. The molecule has 1 amide bonds. The third-order valence-electron chi connectivity index (χ3n) is 2.56. The molecule has 0 atom stereocenters. The van der Waals surface area contributed by atoms with E-state index in [0.717, 1.165) is 0 Å². The van der Waals surface area contributed by atoms with E-state index >= 15 is 0 Å². The van der Waals surface area contributed by atoms with Crippen LogP contribution in [0.1, 0.15) is 27.7 Å². The molecule has 0 unspecified atom stereocenters. The lowest BCUT2D eigenvalue weighted by atomic mass is 10.1. The molecule has 0 saturated heterocycles. The van der Waals surface area contributed by atoms with Gasteiger partial charge >= 0.3 is 0 Å². The summed E-state index contributed by atoms with van der Waals surface area (Å²) in [5, 5.41) is 2.64. The van der Waals surface area contributed by atoms with Gasteiger partial charge in [0.05, 0.1) is 39.1 Å². The van der Waals surface area contributed by atoms with Crippen LogP contribution in [0.2, 0.25) is 0 Å². The molecule has 6 nitrogen and oxygen atoms in total. The van der Waals surface area contributed by atoms with Gasteiger partial charge in [-0.2, -0.15) is 0 Å². The highest BCUT2D eigenvalue weighted by Crippen LogP contribution is 1.94. The van der Waals surface area contributed by atoms with Gasteiger partial charge in [0.15, 0.2) is 5.78 Å². The molecule has 0 spiro atoms. The van der Waals surface area contributed by atoms with Crippen molar-refractivity contribution < 1.29 is 23.8 Å². The number of ketones is 1. The molecule has 0 heterocycles. The first-order valence-electron chi connectivity index (χ1n) is 7.70. The molecule has 1 N–H and O–H groups in total. The number of ether oxygens (including phenoxy) is 3. The Morgan fingerprint density at radius 3 is 2.09 bits per heavy atom. The topological polar surface area (TPSA) is 73.9 Å². The van der Waals surface area contributed by atoms with Crippen molar-refractivity contribution in [3.05, 3.63) is 12.2 Å². The van der Waals surface area contributed by atoms with Crippen LogP contribution < -0.4 is 5.32 Å². The summed E-state index contributed by atoms with van der Waals surface area (Å²) in [4.78, 5) is 22.7. The molecule has 0 aromatic carbocycles. The summed E-state index contributed by atoms with van der Waals surface area (Å²) in [5.41, 5.74) is 0. The van der Waals surface area contributed by atoms with Gasteiger partial charge in [0, 0.05) is 18.5 Å². The van der Waals surface area contributed by atoms with Crippen LogP contribution in [0.15, 0.2) is 12.2 Å². The normalized spacial score (nSPS) is 11.5. The minimum Gasteiger partial charge on any atom is -0.377 e. The maximum absolute atomic E-state index is 11.4. The first-order chi connectivity index (χ1) is 10.4. The van der Waals surface area contributed by atoms with E-state index in [-0.39, 0.29) is 23.7 Å². The molecule has 22 heavy (non-hydrogen) atoms. The second-order valence-electron chi connectivity index (χ2n) is 5.33. The predicted octanol–water partition coefficient (Wildman–Crippen LogP) is 1.34. The van der Waals surface area contributed by atoms with E-state index in [1.807, 2.05) is 13.8 Å². The number of hydrogen-bond donors (Lipinski definition) is 1. The van der Waals surface area contributed by atoms with Gasteiger partial charge in [0.1, 0.15) is 0 Å². The van der Waals surface area contributed by atoms with Gasteiger partial charge in [-0.15, -0.1) is 0 Å². The van der Waals surface area contributed by atoms with Gasteiger partial charge in [0.25, 0.3) is 0 Å². The Labute approximate surface area is 133 Å². The Morgan fingerprint density at radius 2 is 1.50 bits per heavy atom. The zero-order valence-electron chi connectivity index (χ0n) is 14.1. The fourth-order valence-corrected chi connectivity index (χ4v) is 1.32. The van der Waals surface area contributed by atoms with Crippen molar-refractivity contribution >= 4 is 11.7 Å². The van der Waals surface area contributed by atoms with Crippen molar-refractivity contribution in [2.45, 2.75) is 33.8 Å². The van der Waals surface area contributed by atoms with Crippen LogP contribution in [-0.4, -0.2) is 57.4 Å². The van der Waals surface area contributed by atoms with Gasteiger partial charge in [-0.25, -0.2) is 0 Å². The number of hydrogen-bond acceptors (Lipinski definition) is 5. The summed E-state index contributed by atoms with van der Waals surface area (Å²) < 4.78 is 15.9. The van der Waals surface area contributed by atoms with E-state index in [1.54, 1.807) is 13.8 Å². The highest BCUT2D eigenvalue weighted by atomic mass is 16.5. The second kappa shape index (κ2) is 13.4. The lowest BCUT2D eigenvalue weighted by molar-refractivity contribution is -0.119. The fourth-order valence-electron chi connectivity index (χ4n) is 1.32. The SMILES string of the molecule is CC(C)OCCOCCOCCNC(=O)/C=C/C(=O)C(C)C. The smallest absolute Gasteiger partial charge is 0.244 e. The monoisotopic (exact) mass is 315 g/mol. The molecule has 0 radical (unpaired) electrons. The van der Waals surface area contributed by atoms with Crippen LogP contribution in [0.5, 0.6) is 0 Å². The van der Waals surface area contributed by atoms with E-state index < -0.39 is 0 Å². The number of carbonyl (C=O) groups excluding carboxylic acids is 2. The largest absolute Gasteiger partial charge is 0.377 e. The Hall–Kier alpha value is -1.24. The van der Waals surface area contributed by atoms with Crippen LogP contribution in [-0.2, 0) is 23.8 Å². The van der Waals surface area contributed by atoms with Gasteiger partial charge in [-0.05, 0) is 19.9 Å². The number of rotatable bonds is 13. The van der Waals surface area contributed by atoms with Crippen LogP contribution >= 0.6 is 0 Å². The molecular formula is C16H29NO5. The van der Waals surface area contributed by atoms with Crippen molar-refractivity contribution in [1.82, 2.24) is 5.32 Å². The van der Waals surface area contributed by atoms with E-state index in [2.05, 4.69) is 5.32 Å². The van der Waals surface area contributed by atoms with E-state index in [4.69, 9.17) is 14.2 Å². The second-order valence-corrected chi connectivity index (χ2v) is 5.33. The highest BCUT2D eigenvalue weighted by molar-refractivity contribution is 5.98. The van der Waals surface area contributed by atoms with Crippen molar-refractivity contribution in [1.29, 1.82) is 0 Å². The number of nitrogens with one attached hydrogen (secondary N) is 1. The molecule has 128 valence electrons. The van der Waals surface area contributed by atoms with Crippen LogP contribution in [0, 0.1) is 5.92 Å². The molecule has 0 aliphatic carbocycles. The molecule has 0 aliphatic rings. The highest BCUT2D eigenvalue weighted by Gasteiger charge is 2.03. The van der Waals surface area contributed by atoms with Gasteiger partial charge in [-0.1, -0.05) is 13.8 Å². The zero-order valence-corrected chi connectivity index (χ0v) is 14.1. The van der Waals surface area contributed by atoms with E-state index in [0.29, 0.717) is 39.6 Å². The lowest BCUT2D eigenvalue weighted by Gasteiger charge is -2.08. The van der Waals surface area contributed by atoms with Gasteiger partial charge in [0.2, 0.25) is 5.91 Å². The summed E-state index contributed by atoms with van der Waals surface area (Å²) in [7, 11) is 0. The molecule has 0 aromatic rings. The van der Waals surface area contributed by atoms with Gasteiger partial charge in [-0.3, -0.25) is 9.59 Å². The van der Waals surface area contributed by atoms with E-state index in [9.17, 15) is 9.59 Å². The third kappa shape index (κ3) is 13.7. The maximum Gasteiger partial charge on any atom is 0.244 e. The van der Waals surface area contributed by atoms with Crippen molar-refractivity contribution in [2.75, 3.05) is 39.6 Å². The average molecular weight is 315 g/mol. The lowest BCUT2D eigenvalue weighted by Crippen LogP contribution is -2.26. The molecule has 6 heteroatoms. The number of amides is 1. The zero-order chi connectivity index (χ0) is 16.8. The number of allylic oxidation sites excluding steroid dienone is 1. The Balaban J connectivity index is 3.39. The summed E-state index contributed by atoms with van der Waals surface area (Å²) in [6.07, 6.45) is 2.77. The summed E-state index contributed by atoms with van der Waals surface area (Å²) >= 11 is 0. The Kier molecular flexibility index (Phi) is 12.7. The molecule has 0 fully saturated rings. The van der Waals surface area contributed by atoms with Crippen LogP contribution in [0.4, 0.5) is 0 Å². The summed E-state index contributed by atoms with van der Waals surface area (Å²) in [6, 6.07) is 0. The fraction of sp³-hybridized carbons (Fsp3) is 0.750. The standard InChI is InChI=1S/C16H29NO5/c1-13(2)15(18)5-6-16(19)17-7-8-20-9-10-21-11-12-22-14(3)4/h5-6,13-14H,7-12H2,1-4H3,(H,17,19)/b6-5+. The average Bonchev–Trinajstić information content (AvgIpc) is 2.46. The Morgan fingerprint density at radius 1 is 0.909 bits per heavy atom. The predicted molar refractivity (Wildman–Crippen MR) is 84.7 cm³/mol. The minimum absolute atomic E-state index is 0.0648. The molecule has 0 bridgehead atoms. The quantitative estimate of drug-likeness (QED) is 0.410. The number of carbonyl (C=O) groups is 2. The van der Waals surface area contributed by atoms with Crippen LogP contribution in [0.25, 0.3) is 0 Å².